The molecule has 0 fully saturated rings. The topological polar surface area (TPSA) is 325 Å². The summed E-state index contributed by atoms with van der Waals surface area (Å²) in [6.07, 6.45) is 6.81. The summed E-state index contributed by atoms with van der Waals surface area (Å²) in [5.41, 5.74) is 8.32. The number of aromatic amines is 2. The van der Waals surface area contributed by atoms with E-state index in [1.165, 1.54) is 12.7 Å². The van der Waals surface area contributed by atoms with E-state index in [4.69, 9.17) is 30.6 Å². The van der Waals surface area contributed by atoms with E-state index in [1.54, 1.807) is 12.4 Å². The van der Waals surface area contributed by atoms with E-state index in [9.17, 15) is 19.8 Å². The zero-order valence-corrected chi connectivity index (χ0v) is 20.3. The molecule has 0 bridgehead atoms. The first-order valence-corrected chi connectivity index (χ1v) is 7.52. The molecular formula is C12H18BaN8O10. The monoisotopic (exact) mass is 572 g/mol. The van der Waals surface area contributed by atoms with Crippen LogP contribution in [0.25, 0.3) is 0 Å². The number of imidazole rings is 2. The standard InChI is InChI=1S/2C6H9N3O2.Ba.2NO3/c2*7-5(6(10)11)1-4-2-8-3-9-4;;2*2-1(3)4/h2*2-3,5H,1,7H2,(H,8,9)(H,10,11);;;/q;;+2;2*-1/t2*5-;;;/m00.../s1. The van der Waals surface area contributed by atoms with Crippen molar-refractivity contribution in [3.05, 3.63) is 67.1 Å². The number of carbonyl (C=O) groups excluding carboxylic acids is 2. The molecule has 168 valence electrons. The van der Waals surface area contributed by atoms with Crippen molar-refractivity contribution in [2.24, 2.45) is 0 Å². The van der Waals surface area contributed by atoms with Gasteiger partial charge in [-0.3, -0.25) is 0 Å². The second-order valence-electron chi connectivity index (χ2n) is 5.04. The summed E-state index contributed by atoms with van der Waals surface area (Å²) < 4.78 is 0. The molecule has 8 N–H and O–H groups in total. The first-order chi connectivity index (χ1) is 13.9. The van der Waals surface area contributed by atoms with E-state index in [0.29, 0.717) is 12.8 Å². The minimum absolute atomic E-state index is 0. The summed E-state index contributed by atoms with van der Waals surface area (Å²) in [7, 11) is 0. The van der Waals surface area contributed by atoms with Crippen molar-refractivity contribution in [2.75, 3.05) is 0 Å². The van der Waals surface area contributed by atoms with Gasteiger partial charge in [0.2, 0.25) is 0 Å². The van der Waals surface area contributed by atoms with E-state index in [2.05, 4.69) is 31.4 Å². The summed E-state index contributed by atoms with van der Waals surface area (Å²) in [6.45, 7) is 0. The minimum atomic E-state index is -1.75. The van der Waals surface area contributed by atoms with Gasteiger partial charge in [-0.1, -0.05) is 0 Å². The fourth-order valence-corrected chi connectivity index (χ4v) is 1.49. The van der Waals surface area contributed by atoms with Gasteiger partial charge in [0.15, 0.2) is 0 Å². The number of H-pyrrole nitrogens is 2. The van der Waals surface area contributed by atoms with Gasteiger partial charge in [0.1, 0.15) is 12.1 Å². The quantitative estimate of drug-likeness (QED) is 0.143. The molecule has 0 aliphatic heterocycles. The van der Waals surface area contributed by atoms with Crippen LogP contribution in [0.2, 0.25) is 0 Å². The second kappa shape index (κ2) is 19.2. The Morgan fingerprint density at radius 2 is 1.10 bits per heavy atom. The van der Waals surface area contributed by atoms with Crippen LogP contribution >= 0.6 is 0 Å². The molecule has 2 aromatic heterocycles. The molecular weight excluding hydrogens is 554 g/mol. The number of rotatable bonds is 6. The van der Waals surface area contributed by atoms with E-state index in [1.807, 2.05) is 0 Å². The van der Waals surface area contributed by atoms with Crippen LogP contribution in [0.5, 0.6) is 0 Å². The first kappa shape index (κ1) is 32.9. The molecule has 0 unspecified atom stereocenters. The molecule has 0 radical (unpaired) electrons. The zero-order chi connectivity index (χ0) is 23.7. The van der Waals surface area contributed by atoms with Gasteiger partial charge in [-0.25, -0.2) is 9.97 Å². The van der Waals surface area contributed by atoms with E-state index in [-0.39, 0.29) is 48.9 Å². The van der Waals surface area contributed by atoms with Gasteiger partial charge in [-0.2, -0.15) is 0 Å². The Morgan fingerprint density at radius 3 is 1.26 bits per heavy atom. The maximum Gasteiger partial charge on any atom is 2.00 e. The van der Waals surface area contributed by atoms with Crippen LogP contribution in [0, 0.1) is 30.6 Å². The molecule has 2 aromatic rings. The summed E-state index contributed by atoms with van der Waals surface area (Å²) in [6, 6.07) is -1.43. The van der Waals surface area contributed by atoms with Gasteiger partial charge in [-0.05, 0) is 0 Å². The van der Waals surface area contributed by atoms with E-state index >= 15 is 0 Å². The predicted octanol–water partition coefficient (Wildman–Crippen LogP) is -6.23. The molecule has 2 atom stereocenters. The van der Waals surface area contributed by atoms with Crippen LogP contribution < -0.4 is 21.7 Å². The summed E-state index contributed by atoms with van der Waals surface area (Å²) in [4.78, 5) is 50.0. The fourth-order valence-electron chi connectivity index (χ4n) is 1.49. The van der Waals surface area contributed by atoms with Crippen molar-refractivity contribution in [1.82, 2.24) is 19.9 Å². The van der Waals surface area contributed by atoms with Crippen molar-refractivity contribution in [2.45, 2.75) is 24.9 Å². The molecule has 0 aliphatic carbocycles. The predicted molar refractivity (Wildman–Crippen MR) is 94.4 cm³/mol. The van der Waals surface area contributed by atoms with Crippen LogP contribution in [0.15, 0.2) is 25.0 Å². The third kappa shape index (κ3) is 23.4. The van der Waals surface area contributed by atoms with Crippen LogP contribution in [-0.2, 0) is 22.4 Å². The molecule has 0 saturated carbocycles. The van der Waals surface area contributed by atoms with Gasteiger partial charge < -0.3 is 71.9 Å². The third-order valence-electron chi connectivity index (χ3n) is 2.71. The van der Waals surface area contributed by atoms with Crippen molar-refractivity contribution in [3.63, 3.8) is 0 Å². The van der Waals surface area contributed by atoms with Crippen molar-refractivity contribution < 1.29 is 41.4 Å². The number of carboxylic acid groups (broad SMARTS) is 2. The minimum Gasteiger partial charge on any atom is -0.544 e. The Labute approximate surface area is 213 Å². The molecule has 0 spiro atoms. The van der Waals surface area contributed by atoms with Crippen LogP contribution in [-0.4, -0.2) is 103 Å². The molecule has 18 nitrogen and oxygen atoms in total. The third-order valence-corrected chi connectivity index (χ3v) is 2.71. The van der Waals surface area contributed by atoms with Gasteiger partial charge in [0, 0.05) is 36.6 Å². The van der Waals surface area contributed by atoms with E-state index in [0.717, 1.165) is 11.4 Å². The van der Waals surface area contributed by atoms with Crippen LogP contribution in [0.4, 0.5) is 0 Å². The van der Waals surface area contributed by atoms with E-state index < -0.39 is 34.2 Å². The van der Waals surface area contributed by atoms with Gasteiger partial charge in [0.05, 0.1) is 34.8 Å². The summed E-state index contributed by atoms with van der Waals surface area (Å²) in [5.74, 6) is -2.28. The molecule has 0 aromatic carbocycles. The molecule has 31 heavy (non-hydrogen) atoms. The summed E-state index contributed by atoms with van der Waals surface area (Å²) >= 11 is 0. The number of hydrogen-bond donors (Lipinski definition) is 4. The maximum atomic E-state index is 10.2. The fraction of sp³-hybridized carbons (Fsp3) is 0.333. The van der Waals surface area contributed by atoms with Crippen LogP contribution in [0.1, 0.15) is 11.4 Å². The van der Waals surface area contributed by atoms with Crippen LogP contribution in [0.3, 0.4) is 0 Å². The number of nitrogens with zero attached hydrogens (tertiary/aromatic N) is 4. The Kier molecular flexibility index (Phi) is 20.4. The molecule has 0 amide bonds. The average molecular weight is 572 g/mol. The smallest absolute Gasteiger partial charge is 0.544 e. The van der Waals surface area contributed by atoms with Gasteiger partial charge >= 0.3 is 48.9 Å². The zero-order valence-electron chi connectivity index (χ0n) is 15.9. The van der Waals surface area contributed by atoms with Crippen molar-refractivity contribution >= 4 is 60.8 Å². The first-order valence-electron chi connectivity index (χ1n) is 7.52. The molecule has 2 rings (SSSR count). The average Bonchev–Trinajstić information content (AvgIpc) is 3.28. The normalized spacial score (nSPS) is 10.6. The van der Waals surface area contributed by atoms with Crippen molar-refractivity contribution in [3.8, 4) is 0 Å². The number of carboxylic acids is 2. The maximum absolute atomic E-state index is 10.2. The number of aromatic nitrogens is 4. The number of aliphatic carboxylic acids is 2. The van der Waals surface area contributed by atoms with Gasteiger partial charge in [-0.15, -0.1) is 0 Å². The molecule has 2 heterocycles. The van der Waals surface area contributed by atoms with Gasteiger partial charge in [0.25, 0.3) is 0 Å². The SMILES string of the molecule is O=[N+]([O-])[O-].O=[N+]([O-])[O-].[Ba+2].[NH3+][C@@H](Cc1cnc[nH]1)C(=O)[O-].[NH3+][C@@H](Cc1cnc[nH]1)C(=O)[O-]. The second-order valence-corrected chi connectivity index (χ2v) is 5.04. The number of nitrogens with one attached hydrogen (secondary N) is 2. The number of hydrogen-bond acceptors (Lipinski definition) is 12. The Bertz CT molecular complexity index is 685. The number of quaternary nitrogens is 2. The summed E-state index contributed by atoms with van der Waals surface area (Å²) in [5, 5.41) is 49.9. The Balaban J connectivity index is -0.000000370. The Hall–Kier alpha value is -2.75. The largest absolute Gasteiger partial charge is 2.00 e. The molecule has 0 aliphatic rings. The Morgan fingerprint density at radius 1 is 0.839 bits per heavy atom. The molecule has 19 heteroatoms. The van der Waals surface area contributed by atoms with Crippen molar-refractivity contribution in [1.29, 1.82) is 0 Å². The molecule has 0 saturated heterocycles. The number of carbonyl (C=O) groups is 2.